The number of carbonyl (C=O) groups excluding carboxylic acids is 2. The third kappa shape index (κ3) is 9.42. The van der Waals surface area contributed by atoms with Crippen LogP contribution in [0, 0.1) is 10.8 Å². The predicted octanol–water partition coefficient (Wildman–Crippen LogP) is 3.96. The van der Waals surface area contributed by atoms with E-state index >= 15 is 0 Å². The molecule has 0 aromatic heterocycles. The number of carboxylic acid groups (broad SMARTS) is 1. The Morgan fingerprint density at radius 3 is 2.00 bits per heavy atom. The molecule has 2 amide bonds. The number of aromatic carboxylic acids is 1. The maximum absolute atomic E-state index is 13.1. The summed E-state index contributed by atoms with van der Waals surface area (Å²) in [5, 5.41) is 33.0. The fourth-order valence-corrected chi connectivity index (χ4v) is 3.55. The second kappa shape index (κ2) is 13.3. The molecule has 1 atom stereocenters. The van der Waals surface area contributed by atoms with E-state index in [0.29, 0.717) is 11.8 Å². The van der Waals surface area contributed by atoms with Gasteiger partial charge in [0, 0.05) is 28.9 Å². The summed E-state index contributed by atoms with van der Waals surface area (Å²) in [5.41, 5.74) is 6.52. The molecule has 0 radical (unpaired) electrons. The van der Waals surface area contributed by atoms with Crippen molar-refractivity contribution in [3.05, 3.63) is 82.9 Å². The first-order valence-electron chi connectivity index (χ1n) is 12.5. The maximum Gasteiger partial charge on any atom is 0.336 e. The van der Waals surface area contributed by atoms with Gasteiger partial charge in [0.2, 0.25) is 0 Å². The van der Waals surface area contributed by atoms with Gasteiger partial charge in [-0.1, -0.05) is 45.0 Å². The Balaban J connectivity index is 0.00000113. The molecule has 0 saturated carbocycles. The number of amidine groups is 1. The Morgan fingerprint density at radius 1 is 0.905 bits per heavy atom. The average molecular weight is 599 g/mol. The van der Waals surface area contributed by atoms with Crippen molar-refractivity contribution in [3.8, 4) is 16.9 Å². The van der Waals surface area contributed by atoms with Gasteiger partial charge in [-0.3, -0.25) is 19.6 Å². The Kier molecular flexibility index (Phi) is 10.6. The minimum absolute atomic E-state index is 0.125. The normalized spacial score (nSPS) is 11.9. The number of phenolic OH excluding ortho intramolecular Hbond substituents is 1. The topological polar surface area (TPSA) is 220 Å². The lowest BCUT2D eigenvalue weighted by Crippen LogP contribution is -2.41. The summed E-state index contributed by atoms with van der Waals surface area (Å²) >= 11 is 0. The molecule has 8 N–H and O–H groups in total. The third-order valence-electron chi connectivity index (χ3n) is 6.17. The van der Waals surface area contributed by atoms with Crippen molar-refractivity contribution in [1.82, 2.24) is 5.32 Å². The SMILES string of the molecule is CC(NC(=O)c1ccc(-c2ccccc2C(=O)Nc2ccc(C(=N)N)c(O)c2)c(C(=O)O)c1)C(C)(C)C.CS(=O)(=O)O. The number of carboxylic acids is 1. The molecule has 3 aromatic rings. The van der Waals surface area contributed by atoms with Crippen LogP contribution in [0.25, 0.3) is 11.1 Å². The van der Waals surface area contributed by atoms with Gasteiger partial charge in [0.15, 0.2) is 0 Å². The smallest absolute Gasteiger partial charge is 0.336 e. The molecular formula is C29H34N4O8S. The van der Waals surface area contributed by atoms with E-state index in [1.54, 1.807) is 24.3 Å². The summed E-state index contributed by atoms with van der Waals surface area (Å²) in [4.78, 5) is 38.1. The van der Waals surface area contributed by atoms with Gasteiger partial charge in [0.1, 0.15) is 11.6 Å². The fraction of sp³-hybridized carbons (Fsp3) is 0.241. The number of amides is 2. The number of rotatable bonds is 7. The number of nitrogens with one attached hydrogen (secondary N) is 3. The standard InChI is InChI=1S/C28H30N4O5.CH4O3S/c1-15(28(2,3)4)31-25(34)16-9-11-19(22(13-16)27(36)37)18-7-5-6-8-20(18)26(35)32-17-10-12-21(24(29)30)23(33)14-17;1-5(2,3)4/h5-15,33H,1-4H3,(H3,29,30)(H,31,34)(H,32,35)(H,36,37);1H3,(H,2,3,4). The third-order valence-corrected chi connectivity index (χ3v) is 6.17. The van der Waals surface area contributed by atoms with Crippen LogP contribution in [0.2, 0.25) is 0 Å². The van der Waals surface area contributed by atoms with Crippen LogP contribution in [-0.2, 0) is 10.1 Å². The molecule has 0 aliphatic heterocycles. The van der Waals surface area contributed by atoms with Gasteiger partial charge in [-0.15, -0.1) is 0 Å². The summed E-state index contributed by atoms with van der Waals surface area (Å²) in [6, 6.07) is 14.8. The van der Waals surface area contributed by atoms with E-state index in [1.807, 2.05) is 27.7 Å². The van der Waals surface area contributed by atoms with Crippen molar-refractivity contribution in [2.24, 2.45) is 11.1 Å². The van der Waals surface area contributed by atoms with E-state index in [1.165, 1.54) is 36.4 Å². The first-order valence-corrected chi connectivity index (χ1v) is 14.3. The molecule has 13 heteroatoms. The minimum Gasteiger partial charge on any atom is -0.507 e. The summed E-state index contributed by atoms with van der Waals surface area (Å²) in [6.07, 6.45) is 0.715. The highest BCUT2D eigenvalue weighted by Gasteiger charge is 2.24. The molecule has 0 aliphatic carbocycles. The van der Waals surface area contributed by atoms with Gasteiger partial charge in [-0.25, -0.2) is 4.79 Å². The summed E-state index contributed by atoms with van der Waals surface area (Å²) in [6.45, 7) is 7.85. The zero-order valence-corrected chi connectivity index (χ0v) is 24.5. The molecule has 0 aliphatic rings. The quantitative estimate of drug-likeness (QED) is 0.119. The Bertz CT molecular complexity index is 1620. The Hall–Kier alpha value is -4.75. The Labute approximate surface area is 243 Å². The largest absolute Gasteiger partial charge is 0.507 e. The number of anilines is 1. The molecular weight excluding hydrogens is 564 g/mol. The first kappa shape index (κ1) is 33.5. The molecule has 0 fully saturated rings. The van der Waals surface area contributed by atoms with Crippen molar-refractivity contribution in [1.29, 1.82) is 5.41 Å². The van der Waals surface area contributed by atoms with Gasteiger partial charge >= 0.3 is 5.97 Å². The molecule has 0 saturated heterocycles. The molecule has 0 bridgehead atoms. The van der Waals surface area contributed by atoms with E-state index in [2.05, 4.69) is 10.6 Å². The van der Waals surface area contributed by atoms with Crippen LogP contribution in [0.3, 0.4) is 0 Å². The van der Waals surface area contributed by atoms with Gasteiger partial charge in [0.05, 0.1) is 17.4 Å². The molecule has 3 aromatic carbocycles. The number of nitrogen functional groups attached to an aromatic ring is 1. The minimum atomic E-state index is -3.67. The van der Waals surface area contributed by atoms with Crippen LogP contribution in [0.1, 0.15) is 64.3 Å². The number of hydrogen-bond donors (Lipinski definition) is 7. The first-order chi connectivity index (χ1) is 19.3. The highest BCUT2D eigenvalue weighted by atomic mass is 32.2. The number of phenols is 1. The van der Waals surface area contributed by atoms with E-state index in [9.17, 15) is 33.0 Å². The van der Waals surface area contributed by atoms with Gasteiger partial charge in [-0.2, -0.15) is 8.42 Å². The van der Waals surface area contributed by atoms with E-state index in [4.69, 9.17) is 15.7 Å². The number of aromatic hydroxyl groups is 1. The summed E-state index contributed by atoms with van der Waals surface area (Å²) in [7, 11) is -3.67. The highest BCUT2D eigenvalue weighted by Crippen LogP contribution is 2.30. The number of hydrogen-bond acceptors (Lipinski definition) is 7. The van der Waals surface area contributed by atoms with Crippen LogP contribution in [0.4, 0.5) is 5.69 Å². The summed E-state index contributed by atoms with van der Waals surface area (Å²) < 4.78 is 25.9. The second-order valence-electron chi connectivity index (χ2n) is 10.5. The van der Waals surface area contributed by atoms with Crippen molar-refractivity contribution >= 4 is 39.4 Å². The molecule has 12 nitrogen and oxygen atoms in total. The number of carbonyl (C=O) groups is 3. The van der Waals surface area contributed by atoms with Crippen molar-refractivity contribution in [2.75, 3.05) is 11.6 Å². The maximum atomic E-state index is 13.1. The van der Waals surface area contributed by atoms with Crippen LogP contribution in [0.15, 0.2) is 60.7 Å². The van der Waals surface area contributed by atoms with E-state index in [0.717, 1.165) is 0 Å². The van der Waals surface area contributed by atoms with Gasteiger partial charge in [0.25, 0.3) is 21.9 Å². The Morgan fingerprint density at radius 2 is 1.48 bits per heavy atom. The van der Waals surface area contributed by atoms with Gasteiger partial charge in [-0.05, 0) is 53.8 Å². The molecule has 0 spiro atoms. The van der Waals surface area contributed by atoms with Crippen LogP contribution >= 0.6 is 0 Å². The molecule has 3 rings (SSSR count). The fourth-order valence-electron chi connectivity index (χ4n) is 3.55. The lowest BCUT2D eigenvalue weighted by Gasteiger charge is -2.28. The summed E-state index contributed by atoms with van der Waals surface area (Å²) in [5.74, 6) is -2.75. The lowest BCUT2D eigenvalue weighted by atomic mass is 9.88. The zero-order chi connectivity index (χ0) is 32.0. The van der Waals surface area contributed by atoms with Crippen molar-refractivity contribution in [2.45, 2.75) is 33.7 Å². The average Bonchev–Trinajstić information content (AvgIpc) is 2.86. The van der Waals surface area contributed by atoms with E-state index < -0.39 is 27.9 Å². The number of nitrogens with two attached hydrogens (primary N) is 1. The lowest BCUT2D eigenvalue weighted by molar-refractivity contribution is 0.0697. The highest BCUT2D eigenvalue weighted by molar-refractivity contribution is 7.85. The molecule has 42 heavy (non-hydrogen) atoms. The van der Waals surface area contributed by atoms with Crippen molar-refractivity contribution in [3.63, 3.8) is 0 Å². The number of benzene rings is 3. The molecule has 0 heterocycles. The molecule has 1 unspecified atom stereocenters. The van der Waals surface area contributed by atoms with Gasteiger partial charge < -0.3 is 26.6 Å². The zero-order valence-electron chi connectivity index (χ0n) is 23.7. The van der Waals surface area contributed by atoms with Crippen LogP contribution < -0.4 is 16.4 Å². The van der Waals surface area contributed by atoms with Crippen molar-refractivity contribution < 1.29 is 37.6 Å². The van der Waals surface area contributed by atoms with E-state index in [-0.39, 0.29) is 56.5 Å². The van der Waals surface area contributed by atoms with Crippen LogP contribution in [-0.4, -0.2) is 59.1 Å². The van der Waals surface area contributed by atoms with Crippen LogP contribution in [0.5, 0.6) is 5.75 Å². The molecule has 224 valence electrons. The second-order valence-corrected chi connectivity index (χ2v) is 12.0. The predicted molar refractivity (Wildman–Crippen MR) is 160 cm³/mol. The monoisotopic (exact) mass is 598 g/mol.